The lowest BCUT2D eigenvalue weighted by Gasteiger charge is -2.06. The second kappa shape index (κ2) is 7.80. The van der Waals surface area contributed by atoms with E-state index in [9.17, 15) is 9.59 Å². The summed E-state index contributed by atoms with van der Waals surface area (Å²) in [6.07, 6.45) is 5.50. The van der Waals surface area contributed by atoms with Crippen LogP contribution in [-0.2, 0) is 9.59 Å². The van der Waals surface area contributed by atoms with Crippen molar-refractivity contribution in [2.75, 3.05) is 0 Å². The molecule has 0 aromatic heterocycles. The van der Waals surface area contributed by atoms with Crippen LogP contribution in [0.5, 0.6) is 0 Å². The molecule has 0 radical (unpaired) electrons. The molecule has 0 amide bonds. The first-order valence-corrected chi connectivity index (χ1v) is 5.39. The minimum atomic E-state index is -1.11. The fourth-order valence-electron chi connectivity index (χ4n) is 1.29. The predicted molar refractivity (Wildman–Crippen MR) is 55.4 cm³/mol. The normalized spacial score (nSPS) is 12.4. The van der Waals surface area contributed by atoms with E-state index >= 15 is 0 Å². The van der Waals surface area contributed by atoms with Crippen molar-refractivity contribution in [3.8, 4) is 0 Å². The summed E-state index contributed by atoms with van der Waals surface area (Å²) in [4.78, 5) is 21.2. The molecule has 0 saturated heterocycles. The third-order valence-electron chi connectivity index (χ3n) is 2.17. The number of carboxylic acid groups (broad SMARTS) is 1. The van der Waals surface area contributed by atoms with Gasteiger partial charge in [0.05, 0.1) is 0 Å². The molecule has 0 saturated carbocycles. The average molecular weight is 221 g/mol. The van der Waals surface area contributed by atoms with E-state index in [-0.39, 0.29) is 0 Å². The van der Waals surface area contributed by atoms with E-state index in [2.05, 4.69) is 6.92 Å². The van der Waals surface area contributed by atoms with Crippen LogP contribution >= 0.6 is 11.6 Å². The van der Waals surface area contributed by atoms with Crippen molar-refractivity contribution < 1.29 is 14.7 Å². The van der Waals surface area contributed by atoms with Crippen molar-refractivity contribution in [3.05, 3.63) is 0 Å². The third-order valence-corrected chi connectivity index (χ3v) is 2.43. The van der Waals surface area contributed by atoms with Crippen LogP contribution in [0.2, 0.25) is 0 Å². The van der Waals surface area contributed by atoms with E-state index in [0.29, 0.717) is 6.42 Å². The van der Waals surface area contributed by atoms with Crippen molar-refractivity contribution in [2.45, 2.75) is 45.4 Å². The van der Waals surface area contributed by atoms with Crippen LogP contribution in [0.1, 0.15) is 45.4 Å². The fraction of sp³-hybridized carbons (Fsp3) is 0.800. The van der Waals surface area contributed by atoms with E-state index in [1.54, 1.807) is 0 Å². The molecule has 0 aliphatic carbocycles. The molecule has 82 valence electrons. The molecule has 0 aromatic carbocycles. The fourth-order valence-corrected chi connectivity index (χ4v) is 1.49. The zero-order chi connectivity index (χ0) is 11.0. The monoisotopic (exact) mass is 220 g/mol. The Morgan fingerprint density at radius 2 is 1.79 bits per heavy atom. The highest BCUT2D eigenvalue weighted by molar-refractivity contribution is 6.65. The second-order valence-electron chi connectivity index (χ2n) is 3.40. The summed E-state index contributed by atoms with van der Waals surface area (Å²) < 4.78 is 0. The molecule has 0 heterocycles. The van der Waals surface area contributed by atoms with Gasteiger partial charge >= 0.3 is 5.97 Å². The van der Waals surface area contributed by atoms with Gasteiger partial charge in [-0.05, 0) is 18.0 Å². The van der Waals surface area contributed by atoms with Crippen molar-refractivity contribution >= 4 is 22.8 Å². The molecular weight excluding hydrogens is 204 g/mol. The maximum Gasteiger partial charge on any atom is 0.315 e. The Bertz CT molecular complexity index is 178. The number of unbranched alkanes of at least 4 members (excludes halogenated alkanes) is 4. The summed E-state index contributed by atoms with van der Waals surface area (Å²) in [5.41, 5.74) is 0. The lowest BCUT2D eigenvalue weighted by Crippen LogP contribution is -2.19. The summed E-state index contributed by atoms with van der Waals surface area (Å²) >= 11 is 5.16. The van der Waals surface area contributed by atoms with Crippen LogP contribution in [0.4, 0.5) is 0 Å². The zero-order valence-electron chi connectivity index (χ0n) is 8.46. The molecule has 0 spiro atoms. The summed E-state index contributed by atoms with van der Waals surface area (Å²) in [5, 5.41) is 7.88. The summed E-state index contributed by atoms with van der Waals surface area (Å²) in [6, 6.07) is 0. The molecule has 0 aliphatic rings. The van der Waals surface area contributed by atoms with Gasteiger partial charge in [0, 0.05) is 0 Å². The minimum Gasteiger partial charge on any atom is -0.481 e. The molecule has 0 aliphatic heterocycles. The van der Waals surface area contributed by atoms with E-state index in [1.807, 2.05) is 0 Å². The molecule has 0 aromatic rings. The summed E-state index contributed by atoms with van der Waals surface area (Å²) in [5.74, 6) is -2.13. The topological polar surface area (TPSA) is 54.4 Å². The van der Waals surface area contributed by atoms with Crippen LogP contribution in [-0.4, -0.2) is 16.3 Å². The Morgan fingerprint density at radius 3 is 2.21 bits per heavy atom. The first-order chi connectivity index (χ1) is 6.59. The molecule has 0 rings (SSSR count). The summed E-state index contributed by atoms with van der Waals surface area (Å²) in [7, 11) is 0. The highest BCUT2D eigenvalue weighted by atomic mass is 35.5. The number of aliphatic carboxylic acids is 1. The highest BCUT2D eigenvalue weighted by Gasteiger charge is 2.23. The Hall–Kier alpha value is -0.570. The second-order valence-corrected chi connectivity index (χ2v) is 3.77. The van der Waals surface area contributed by atoms with Crippen molar-refractivity contribution in [3.63, 3.8) is 0 Å². The van der Waals surface area contributed by atoms with Crippen molar-refractivity contribution in [1.82, 2.24) is 0 Å². The van der Waals surface area contributed by atoms with E-state index < -0.39 is 17.1 Å². The molecule has 0 fully saturated rings. The highest BCUT2D eigenvalue weighted by Crippen LogP contribution is 2.14. The number of hydrogen-bond donors (Lipinski definition) is 1. The van der Waals surface area contributed by atoms with E-state index in [1.165, 1.54) is 0 Å². The third kappa shape index (κ3) is 5.97. The Labute approximate surface area is 89.4 Å². The van der Waals surface area contributed by atoms with Crippen LogP contribution < -0.4 is 0 Å². The maximum atomic E-state index is 10.7. The van der Waals surface area contributed by atoms with E-state index in [4.69, 9.17) is 16.7 Å². The minimum absolute atomic E-state index is 0.362. The van der Waals surface area contributed by atoms with Crippen LogP contribution in [0.25, 0.3) is 0 Å². The molecule has 3 nitrogen and oxygen atoms in total. The smallest absolute Gasteiger partial charge is 0.315 e. The molecule has 0 bridgehead atoms. The predicted octanol–water partition coefficient (Wildman–Crippen LogP) is 2.81. The van der Waals surface area contributed by atoms with Crippen molar-refractivity contribution in [2.24, 2.45) is 5.92 Å². The number of hydrogen-bond acceptors (Lipinski definition) is 2. The van der Waals surface area contributed by atoms with E-state index in [0.717, 1.165) is 32.1 Å². The van der Waals surface area contributed by atoms with Gasteiger partial charge < -0.3 is 5.11 Å². The lowest BCUT2D eigenvalue weighted by molar-refractivity contribution is -0.144. The van der Waals surface area contributed by atoms with Gasteiger partial charge in [-0.25, -0.2) is 0 Å². The SMILES string of the molecule is CCCCCCCC(C(=O)O)C(=O)Cl. The molecule has 1 atom stereocenters. The van der Waals surface area contributed by atoms with Gasteiger partial charge in [0.2, 0.25) is 5.24 Å². The quantitative estimate of drug-likeness (QED) is 0.389. The van der Waals surface area contributed by atoms with Gasteiger partial charge in [-0.3, -0.25) is 9.59 Å². The number of carboxylic acids is 1. The largest absolute Gasteiger partial charge is 0.481 e. The number of rotatable bonds is 8. The zero-order valence-corrected chi connectivity index (χ0v) is 9.22. The number of carbonyl (C=O) groups excluding carboxylic acids is 1. The standard InChI is InChI=1S/C10H17ClO3/c1-2-3-4-5-6-7-8(9(11)12)10(13)14/h8H,2-7H2,1H3,(H,13,14). The van der Waals surface area contributed by atoms with Gasteiger partial charge in [-0.1, -0.05) is 39.0 Å². The Kier molecular flexibility index (Phi) is 7.48. The Morgan fingerprint density at radius 1 is 1.21 bits per heavy atom. The molecule has 1 unspecified atom stereocenters. The van der Waals surface area contributed by atoms with Gasteiger partial charge in [-0.15, -0.1) is 0 Å². The van der Waals surface area contributed by atoms with Crippen LogP contribution in [0, 0.1) is 5.92 Å². The molecule has 14 heavy (non-hydrogen) atoms. The summed E-state index contributed by atoms with van der Waals surface area (Å²) in [6.45, 7) is 2.11. The average Bonchev–Trinajstić information content (AvgIpc) is 2.09. The molecule has 1 N–H and O–H groups in total. The number of halogens is 1. The molecular formula is C10H17ClO3. The maximum absolute atomic E-state index is 10.7. The Balaban J connectivity index is 3.62. The van der Waals surface area contributed by atoms with Crippen LogP contribution in [0.15, 0.2) is 0 Å². The van der Waals surface area contributed by atoms with Gasteiger partial charge in [0.1, 0.15) is 5.92 Å². The van der Waals surface area contributed by atoms with Gasteiger partial charge in [0.15, 0.2) is 0 Å². The number of carbonyl (C=O) groups is 2. The first kappa shape index (κ1) is 13.4. The van der Waals surface area contributed by atoms with Gasteiger partial charge in [0.25, 0.3) is 0 Å². The van der Waals surface area contributed by atoms with Crippen LogP contribution in [0.3, 0.4) is 0 Å². The first-order valence-electron chi connectivity index (χ1n) is 5.01. The lowest BCUT2D eigenvalue weighted by atomic mass is 10.0. The van der Waals surface area contributed by atoms with Gasteiger partial charge in [-0.2, -0.15) is 0 Å². The van der Waals surface area contributed by atoms with Crippen molar-refractivity contribution in [1.29, 1.82) is 0 Å². The molecule has 4 heteroatoms.